The lowest BCUT2D eigenvalue weighted by Gasteiger charge is -1.80. The summed E-state index contributed by atoms with van der Waals surface area (Å²) in [6, 6.07) is 1.86. The number of H-pyrrole nitrogens is 1. The third kappa shape index (κ3) is 1.000. The zero-order valence-corrected chi connectivity index (χ0v) is 5.90. The zero-order valence-electron chi connectivity index (χ0n) is 5.90. The molecule has 0 spiro atoms. The van der Waals surface area contributed by atoms with E-state index in [0.29, 0.717) is 5.82 Å². The fraction of sp³-hybridized carbons (Fsp3) is 0.167. The van der Waals surface area contributed by atoms with E-state index in [1.54, 1.807) is 6.26 Å². The number of hydrogen-bond donors (Lipinski definition) is 1. The number of tetrazole rings is 1. The average Bonchev–Trinajstić information content (AvgIpc) is 2.55. The van der Waals surface area contributed by atoms with Crippen molar-refractivity contribution in [1.82, 2.24) is 20.6 Å². The number of aromatic nitrogens is 4. The molecule has 56 valence electrons. The summed E-state index contributed by atoms with van der Waals surface area (Å²) in [4.78, 5) is 0. The highest BCUT2D eigenvalue weighted by molar-refractivity contribution is 5.52. The van der Waals surface area contributed by atoms with Crippen molar-refractivity contribution in [2.45, 2.75) is 6.92 Å². The molecule has 0 atom stereocenters. The van der Waals surface area contributed by atoms with Crippen molar-refractivity contribution in [2.24, 2.45) is 0 Å². The molecule has 0 amide bonds. The van der Waals surface area contributed by atoms with E-state index in [9.17, 15) is 0 Å². The lowest BCUT2D eigenvalue weighted by molar-refractivity contribution is 0.534. The third-order valence-corrected chi connectivity index (χ3v) is 1.35. The lowest BCUT2D eigenvalue weighted by Crippen LogP contribution is -1.75. The molecule has 2 aromatic heterocycles. The Balaban J connectivity index is 2.45. The average molecular weight is 150 g/mol. The van der Waals surface area contributed by atoms with Crippen molar-refractivity contribution in [3.8, 4) is 11.4 Å². The van der Waals surface area contributed by atoms with E-state index in [1.165, 1.54) is 0 Å². The van der Waals surface area contributed by atoms with Gasteiger partial charge >= 0.3 is 0 Å². The maximum absolute atomic E-state index is 5.07. The first-order valence-electron chi connectivity index (χ1n) is 3.15. The van der Waals surface area contributed by atoms with Crippen LogP contribution in [0.5, 0.6) is 0 Å². The van der Waals surface area contributed by atoms with Crippen molar-refractivity contribution in [1.29, 1.82) is 0 Å². The summed E-state index contributed by atoms with van der Waals surface area (Å²) >= 11 is 0. The van der Waals surface area contributed by atoms with E-state index in [0.717, 1.165) is 11.3 Å². The van der Waals surface area contributed by atoms with Gasteiger partial charge in [-0.05, 0) is 23.4 Å². The summed E-state index contributed by atoms with van der Waals surface area (Å²) in [6.45, 7) is 1.87. The van der Waals surface area contributed by atoms with Crippen LogP contribution in [-0.2, 0) is 0 Å². The molecule has 1 N–H and O–H groups in total. The maximum atomic E-state index is 5.07. The van der Waals surface area contributed by atoms with Gasteiger partial charge in [0.15, 0.2) is 5.82 Å². The minimum absolute atomic E-state index is 0.627. The topological polar surface area (TPSA) is 67.6 Å². The van der Waals surface area contributed by atoms with Crippen molar-refractivity contribution in [3.05, 3.63) is 18.1 Å². The van der Waals surface area contributed by atoms with Crippen molar-refractivity contribution < 1.29 is 4.42 Å². The summed E-state index contributed by atoms with van der Waals surface area (Å²) in [5.41, 5.74) is 0.868. The van der Waals surface area contributed by atoms with Crippen LogP contribution in [0.1, 0.15) is 5.76 Å². The number of rotatable bonds is 1. The number of nitrogens with zero attached hydrogens (tertiary/aromatic N) is 3. The van der Waals surface area contributed by atoms with Crippen LogP contribution >= 0.6 is 0 Å². The summed E-state index contributed by atoms with van der Waals surface area (Å²) in [5, 5.41) is 13.2. The quantitative estimate of drug-likeness (QED) is 0.651. The molecule has 0 fully saturated rings. The van der Waals surface area contributed by atoms with Gasteiger partial charge in [0.2, 0.25) is 0 Å². The molecule has 0 saturated carbocycles. The Morgan fingerprint density at radius 3 is 3.00 bits per heavy atom. The molecule has 0 aliphatic carbocycles. The van der Waals surface area contributed by atoms with Crippen LogP contribution in [0, 0.1) is 6.92 Å². The molecule has 0 unspecified atom stereocenters. The second-order valence-electron chi connectivity index (χ2n) is 2.20. The van der Waals surface area contributed by atoms with Crippen molar-refractivity contribution in [2.75, 3.05) is 0 Å². The number of aryl methyl sites for hydroxylation is 1. The smallest absolute Gasteiger partial charge is 0.182 e. The Hall–Kier alpha value is -1.65. The van der Waals surface area contributed by atoms with Gasteiger partial charge in [0.25, 0.3) is 0 Å². The molecule has 0 radical (unpaired) electrons. The maximum Gasteiger partial charge on any atom is 0.182 e. The van der Waals surface area contributed by atoms with Crippen LogP contribution < -0.4 is 0 Å². The van der Waals surface area contributed by atoms with Crippen LogP contribution in [0.4, 0.5) is 0 Å². The van der Waals surface area contributed by atoms with E-state index in [-0.39, 0.29) is 0 Å². The highest BCUT2D eigenvalue weighted by Crippen LogP contribution is 2.15. The summed E-state index contributed by atoms with van der Waals surface area (Å²) < 4.78 is 5.07. The van der Waals surface area contributed by atoms with Gasteiger partial charge in [-0.2, -0.15) is 0 Å². The van der Waals surface area contributed by atoms with Crippen LogP contribution in [0.15, 0.2) is 16.7 Å². The normalized spacial score (nSPS) is 10.3. The molecule has 5 nitrogen and oxygen atoms in total. The van der Waals surface area contributed by atoms with E-state index >= 15 is 0 Å². The molecule has 0 bridgehead atoms. The van der Waals surface area contributed by atoms with E-state index in [2.05, 4.69) is 20.6 Å². The Morgan fingerprint density at radius 2 is 2.45 bits per heavy atom. The highest BCUT2D eigenvalue weighted by Gasteiger charge is 2.03. The molecular weight excluding hydrogens is 144 g/mol. The zero-order chi connectivity index (χ0) is 7.68. The molecule has 0 aliphatic rings. The Bertz CT molecular complexity index is 337. The summed E-state index contributed by atoms with van der Waals surface area (Å²) in [6.07, 6.45) is 1.61. The first-order chi connectivity index (χ1) is 5.36. The molecule has 2 rings (SSSR count). The molecule has 2 heterocycles. The van der Waals surface area contributed by atoms with Gasteiger partial charge in [0, 0.05) is 0 Å². The number of furan rings is 1. The minimum Gasteiger partial charge on any atom is -0.469 e. The molecular formula is C6H6N4O. The van der Waals surface area contributed by atoms with E-state index < -0.39 is 0 Å². The van der Waals surface area contributed by atoms with Crippen LogP contribution in [0.25, 0.3) is 11.4 Å². The van der Waals surface area contributed by atoms with Gasteiger partial charge in [-0.3, -0.25) is 0 Å². The van der Waals surface area contributed by atoms with Crippen molar-refractivity contribution in [3.63, 3.8) is 0 Å². The number of hydrogen-bond acceptors (Lipinski definition) is 4. The van der Waals surface area contributed by atoms with Crippen LogP contribution in [0.3, 0.4) is 0 Å². The molecule has 0 saturated heterocycles. The predicted octanol–water partition coefficient (Wildman–Crippen LogP) is 0.768. The van der Waals surface area contributed by atoms with Crippen molar-refractivity contribution >= 4 is 0 Å². The Kier molecular flexibility index (Phi) is 1.21. The fourth-order valence-electron chi connectivity index (χ4n) is 0.849. The fourth-order valence-corrected chi connectivity index (χ4v) is 0.849. The number of nitrogens with one attached hydrogen (secondary N) is 1. The standard InChI is InChI=1S/C6H6N4O/c1-4-2-5(3-11-4)6-7-9-10-8-6/h2-3H,1H3,(H,7,8,9,10). The molecule has 2 aromatic rings. The van der Waals surface area contributed by atoms with Gasteiger partial charge in [0.1, 0.15) is 12.0 Å². The Morgan fingerprint density at radius 1 is 1.55 bits per heavy atom. The molecule has 0 aromatic carbocycles. The van der Waals surface area contributed by atoms with E-state index in [1.807, 2.05) is 13.0 Å². The number of aromatic amines is 1. The second-order valence-corrected chi connectivity index (χ2v) is 2.20. The Labute approximate surface area is 62.4 Å². The summed E-state index contributed by atoms with van der Waals surface area (Å²) in [5.74, 6) is 1.47. The highest BCUT2D eigenvalue weighted by atomic mass is 16.3. The van der Waals surface area contributed by atoms with Gasteiger partial charge in [-0.25, -0.2) is 5.10 Å². The van der Waals surface area contributed by atoms with Gasteiger partial charge in [0.05, 0.1) is 5.56 Å². The third-order valence-electron chi connectivity index (χ3n) is 1.35. The van der Waals surface area contributed by atoms with Crippen LogP contribution in [0.2, 0.25) is 0 Å². The monoisotopic (exact) mass is 150 g/mol. The first kappa shape index (κ1) is 6.09. The summed E-state index contributed by atoms with van der Waals surface area (Å²) in [7, 11) is 0. The largest absolute Gasteiger partial charge is 0.469 e. The molecule has 11 heavy (non-hydrogen) atoms. The molecule has 5 heteroatoms. The van der Waals surface area contributed by atoms with Gasteiger partial charge < -0.3 is 4.42 Å². The van der Waals surface area contributed by atoms with E-state index in [4.69, 9.17) is 4.42 Å². The lowest BCUT2D eigenvalue weighted by atomic mass is 10.3. The van der Waals surface area contributed by atoms with Gasteiger partial charge in [-0.15, -0.1) is 5.10 Å². The minimum atomic E-state index is 0.627. The molecule has 0 aliphatic heterocycles. The SMILES string of the molecule is Cc1cc(-c2nnn[nH]2)co1. The first-order valence-corrected chi connectivity index (χ1v) is 3.15. The van der Waals surface area contributed by atoms with Crippen LogP contribution in [-0.4, -0.2) is 20.6 Å². The second kappa shape index (κ2) is 2.19. The predicted molar refractivity (Wildman–Crippen MR) is 36.6 cm³/mol. The van der Waals surface area contributed by atoms with Gasteiger partial charge in [-0.1, -0.05) is 0 Å².